The van der Waals surface area contributed by atoms with Crippen molar-refractivity contribution in [3.05, 3.63) is 28.8 Å². The molecule has 0 aliphatic heterocycles. The summed E-state index contributed by atoms with van der Waals surface area (Å²) in [7, 11) is 0. The first-order valence-electron chi connectivity index (χ1n) is 6.86. The molecule has 1 aromatic carbocycles. The van der Waals surface area contributed by atoms with Crippen molar-refractivity contribution in [1.29, 1.82) is 0 Å². The molecule has 2 nitrogen and oxygen atoms in total. The van der Waals surface area contributed by atoms with Crippen molar-refractivity contribution in [1.82, 2.24) is 5.32 Å². The van der Waals surface area contributed by atoms with Crippen molar-refractivity contribution in [2.45, 2.75) is 39.2 Å². The van der Waals surface area contributed by atoms with E-state index >= 15 is 0 Å². The highest BCUT2D eigenvalue weighted by Crippen LogP contribution is 2.33. The van der Waals surface area contributed by atoms with Crippen molar-refractivity contribution in [3.8, 4) is 5.75 Å². The van der Waals surface area contributed by atoms with Crippen LogP contribution in [0.3, 0.4) is 0 Å². The van der Waals surface area contributed by atoms with Crippen LogP contribution in [0.5, 0.6) is 5.75 Å². The highest BCUT2D eigenvalue weighted by molar-refractivity contribution is 6.30. The van der Waals surface area contributed by atoms with E-state index in [1.165, 1.54) is 19.3 Å². The second kappa shape index (κ2) is 6.44. The summed E-state index contributed by atoms with van der Waals surface area (Å²) in [5.41, 5.74) is 1.15. The smallest absolute Gasteiger partial charge is 0.124 e. The minimum absolute atomic E-state index is 0.268. The van der Waals surface area contributed by atoms with Crippen LogP contribution in [0.25, 0.3) is 0 Å². The van der Waals surface area contributed by atoms with Crippen molar-refractivity contribution in [2.75, 3.05) is 13.2 Å². The fourth-order valence-electron chi connectivity index (χ4n) is 2.15. The SMILES string of the molecule is CCNC(C)c1cc(Cl)ccc1OCCC1CC1. The molecular weight excluding hydrogens is 246 g/mol. The largest absolute Gasteiger partial charge is 0.493 e. The number of halogens is 1. The second-order valence-corrected chi connectivity index (χ2v) is 5.48. The Balaban J connectivity index is 2.01. The molecule has 1 N–H and O–H groups in total. The van der Waals surface area contributed by atoms with Gasteiger partial charge in [-0.15, -0.1) is 0 Å². The number of ether oxygens (including phenoxy) is 1. The Morgan fingerprint density at radius 3 is 2.89 bits per heavy atom. The molecule has 1 saturated carbocycles. The zero-order chi connectivity index (χ0) is 13.0. The fourth-order valence-corrected chi connectivity index (χ4v) is 2.33. The molecule has 0 radical (unpaired) electrons. The average Bonchev–Trinajstić information content (AvgIpc) is 3.15. The molecule has 0 spiro atoms. The van der Waals surface area contributed by atoms with Gasteiger partial charge in [0, 0.05) is 16.6 Å². The van der Waals surface area contributed by atoms with Crippen molar-refractivity contribution in [2.24, 2.45) is 5.92 Å². The van der Waals surface area contributed by atoms with Gasteiger partial charge in [-0.05, 0) is 44.0 Å². The summed E-state index contributed by atoms with van der Waals surface area (Å²) in [6.07, 6.45) is 3.94. The molecule has 1 fully saturated rings. The van der Waals surface area contributed by atoms with Crippen LogP contribution < -0.4 is 10.1 Å². The Bertz CT molecular complexity index is 390. The van der Waals surface area contributed by atoms with E-state index in [4.69, 9.17) is 16.3 Å². The average molecular weight is 268 g/mol. The monoisotopic (exact) mass is 267 g/mol. The van der Waals surface area contributed by atoms with Crippen LogP contribution in [0.2, 0.25) is 5.02 Å². The summed E-state index contributed by atoms with van der Waals surface area (Å²) in [6, 6.07) is 6.15. The highest BCUT2D eigenvalue weighted by atomic mass is 35.5. The molecule has 2 rings (SSSR count). The molecule has 0 bridgehead atoms. The van der Waals surface area contributed by atoms with Crippen LogP contribution >= 0.6 is 11.6 Å². The molecule has 0 saturated heterocycles. The lowest BCUT2D eigenvalue weighted by Crippen LogP contribution is -2.18. The van der Waals surface area contributed by atoms with E-state index in [1.54, 1.807) is 0 Å². The third-order valence-corrected chi connectivity index (χ3v) is 3.66. The van der Waals surface area contributed by atoms with Gasteiger partial charge >= 0.3 is 0 Å². The van der Waals surface area contributed by atoms with Crippen LogP contribution in [0.1, 0.15) is 44.7 Å². The van der Waals surface area contributed by atoms with E-state index in [0.717, 1.165) is 35.4 Å². The van der Waals surface area contributed by atoms with E-state index < -0.39 is 0 Å². The van der Waals surface area contributed by atoms with Gasteiger partial charge in [-0.1, -0.05) is 31.4 Å². The molecule has 1 aromatic rings. The van der Waals surface area contributed by atoms with Gasteiger partial charge in [-0.3, -0.25) is 0 Å². The molecule has 100 valence electrons. The minimum atomic E-state index is 0.268. The van der Waals surface area contributed by atoms with Crippen LogP contribution in [-0.2, 0) is 0 Å². The van der Waals surface area contributed by atoms with Crippen LogP contribution in [-0.4, -0.2) is 13.2 Å². The van der Waals surface area contributed by atoms with E-state index in [9.17, 15) is 0 Å². The number of hydrogen-bond acceptors (Lipinski definition) is 2. The molecule has 0 amide bonds. The Kier molecular flexibility index (Phi) is 4.90. The van der Waals surface area contributed by atoms with E-state index in [-0.39, 0.29) is 6.04 Å². The van der Waals surface area contributed by atoms with Gasteiger partial charge in [0.15, 0.2) is 0 Å². The van der Waals surface area contributed by atoms with Crippen molar-refractivity contribution < 1.29 is 4.74 Å². The van der Waals surface area contributed by atoms with Gasteiger partial charge in [-0.25, -0.2) is 0 Å². The lowest BCUT2D eigenvalue weighted by Gasteiger charge is -2.18. The van der Waals surface area contributed by atoms with Crippen molar-refractivity contribution in [3.63, 3.8) is 0 Å². The zero-order valence-corrected chi connectivity index (χ0v) is 12.0. The van der Waals surface area contributed by atoms with Crippen LogP contribution in [0.15, 0.2) is 18.2 Å². The summed E-state index contributed by atoms with van der Waals surface area (Å²) in [6.45, 7) is 6.00. The maximum absolute atomic E-state index is 6.07. The highest BCUT2D eigenvalue weighted by Gasteiger charge is 2.21. The molecule has 1 atom stereocenters. The van der Waals surface area contributed by atoms with Crippen molar-refractivity contribution >= 4 is 11.6 Å². The van der Waals surface area contributed by atoms with Gasteiger partial charge in [0.05, 0.1) is 6.61 Å². The Morgan fingerprint density at radius 1 is 1.44 bits per heavy atom. The topological polar surface area (TPSA) is 21.3 Å². The third kappa shape index (κ3) is 3.89. The van der Waals surface area contributed by atoms with Crippen LogP contribution in [0.4, 0.5) is 0 Å². The first kappa shape index (κ1) is 13.7. The molecule has 0 aromatic heterocycles. The molecule has 3 heteroatoms. The van der Waals surface area contributed by atoms with E-state index in [0.29, 0.717) is 0 Å². The summed E-state index contributed by atoms with van der Waals surface area (Å²) >= 11 is 6.07. The molecule has 1 aliphatic carbocycles. The summed E-state index contributed by atoms with van der Waals surface area (Å²) in [5, 5.41) is 4.17. The Hall–Kier alpha value is -0.730. The fraction of sp³-hybridized carbons (Fsp3) is 0.600. The van der Waals surface area contributed by atoms with E-state index in [2.05, 4.69) is 19.2 Å². The van der Waals surface area contributed by atoms with Gasteiger partial charge in [0.1, 0.15) is 5.75 Å². The first-order valence-corrected chi connectivity index (χ1v) is 7.24. The lowest BCUT2D eigenvalue weighted by atomic mass is 10.1. The summed E-state index contributed by atoms with van der Waals surface area (Å²) in [4.78, 5) is 0. The Labute approximate surface area is 115 Å². The maximum atomic E-state index is 6.07. The molecular formula is C15H22ClNO. The maximum Gasteiger partial charge on any atom is 0.124 e. The lowest BCUT2D eigenvalue weighted by molar-refractivity contribution is 0.297. The Morgan fingerprint density at radius 2 is 2.22 bits per heavy atom. The van der Waals surface area contributed by atoms with Gasteiger partial charge in [-0.2, -0.15) is 0 Å². The zero-order valence-electron chi connectivity index (χ0n) is 11.2. The normalized spacial score (nSPS) is 16.6. The molecule has 0 heterocycles. The molecule has 1 unspecified atom stereocenters. The van der Waals surface area contributed by atoms with Crippen LogP contribution in [0, 0.1) is 5.92 Å². The predicted molar refractivity (Wildman–Crippen MR) is 76.4 cm³/mol. The van der Waals surface area contributed by atoms with Gasteiger partial charge < -0.3 is 10.1 Å². The predicted octanol–water partition coefficient (Wildman–Crippen LogP) is 4.19. The number of hydrogen-bond donors (Lipinski definition) is 1. The van der Waals surface area contributed by atoms with Gasteiger partial charge in [0.2, 0.25) is 0 Å². The quantitative estimate of drug-likeness (QED) is 0.800. The summed E-state index contributed by atoms with van der Waals surface area (Å²) < 4.78 is 5.91. The van der Waals surface area contributed by atoms with E-state index in [1.807, 2.05) is 18.2 Å². The molecule has 18 heavy (non-hydrogen) atoms. The first-order chi connectivity index (χ1) is 8.70. The second-order valence-electron chi connectivity index (χ2n) is 5.04. The number of rotatable bonds is 7. The minimum Gasteiger partial charge on any atom is -0.493 e. The molecule has 1 aliphatic rings. The standard InChI is InChI=1S/C15H22ClNO/c1-3-17-11(2)14-10-13(16)6-7-15(14)18-9-8-12-4-5-12/h6-7,10-12,17H,3-5,8-9H2,1-2H3. The number of benzene rings is 1. The van der Waals surface area contributed by atoms with Gasteiger partial charge in [0.25, 0.3) is 0 Å². The summed E-state index contributed by atoms with van der Waals surface area (Å²) in [5.74, 6) is 1.88. The third-order valence-electron chi connectivity index (χ3n) is 3.43. The number of nitrogens with one attached hydrogen (secondary N) is 1.